The zero-order valence-electron chi connectivity index (χ0n) is 16.3. The summed E-state index contributed by atoms with van der Waals surface area (Å²) in [5, 5.41) is 3.20. The lowest BCUT2D eigenvalue weighted by Crippen LogP contribution is -2.31. The number of rotatable bonds is 6. The lowest BCUT2D eigenvalue weighted by atomic mass is 10.2. The minimum atomic E-state index is -3.50. The highest BCUT2D eigenvalue weighted by Gasteiger charge is 2.25. The van der Waals surface area contributed by atoms with Crippen molar-refractivity contribution in [3.05, 3.63) is 36.0 Å². The van der Waals surface area contributed by atoms with Gasteiger partial charge in [0.2, 0.25) is 15.9 Å². The molecule has 1 amide bonds. The van der Waals surface area contributed by atoms with Gasteiger partial charge in [0.15, 0.2) is 5.16 Å². The molecular weight excluding hydrogens is 410 g/mol. The summed E-state index contributed by atoms with van der Waals surface area (Å²) in [4.78, 5) is 20.7. The molecule has 2 heterocycles. The van der Waals surface area contributed by atoms with Crippen LogP contribution in [0.25, 0.3) is 0 Å². The van der Waals surface area contributed by atoms with Gasteiger partial charge in [0.1, 0.15) is 5.82 Å². The highest BCUT2D eigenvalue weighted by Crippen LogP contribution is 2.22. The number of nitrogens with zero attached hydrogens (tertiary/aromatic N) is 3. The fourth-order valence-electron chi connectivity index (χ4n) is 3.10. The summed E-state index contributed by atoms with van der Waals surface area (Å²) in [6.07, 6.45) is 3.91. The minimum absolute atomic E-state index is 0.122. The van der Waals surface area contributed by atoms with Crippen molar-refractivity contribution in [1.29, 1.82) is 0 Å². The Balaban J connectivity index is 1.58. The maximum absolute atomic E-state index is 12.8. The van der Waals surface area contributed by atoms with Crippen molar-refractivity contribution < 1.29 is 13.2 Å². The van der Waals surface area contributed by atoms with Gasteiger partial charge in [-0.1, -0.05) is 24.6 Å². The first kappa shape index (κ1) is 21.5. The van der Waals surface area contributed by atoms with E-state index in [-0.39, 0.29) is 16.6 Å². The minimum Gasteiger partial charge on any atom is -0.384 e. The van der Waals surface area contributed by atoms with Crippen LogP contribution < -0.4 is 11.1 Å². The number of nitrogens with one attached hydrogen (secondary N) is 1. The zero-order chi connectivity index (χ0) is 20.9. The van der Waals surface area contributed by atoms with Crippen LogP contribution in [0.3, 0.4) is 0 Å². The summed E-state index contributed by atoms with van der Waals surface area (Å²) in [5.74, 6) is 0.250. The van der Waals surface area contributed by atoms with Crippen LogP contribution in [-0.2, 0) is 14.8 Å². The SMILES string of the molecule is Cc1cc(N)nc(SCC(=O)Nc2ccc(S(=O)(=O)N3CCCCCC3)cc2)n1. The van der Waals surface area contributed by atoms with Crippen LogP contribution in [-0.4, -0.2) is 47.4 Å². The quantitative estimate of drug-likeness (QED) is 0.529. The summed E-state index contributed by atoms with van der Waals surface area (Å²) in [5.41, 5.74) is 6.96. The second-order valence-electron chi connectivity index (χ2n) is 6.90. The number of nitrogens with two attached hydrogens (primary N) is 1. The van der Waals surface area contributed by atoms with E-state index in [4.69, 9.17) is 5.73 Å². The zero-order valence-corrected chi connectivity index (χ0v) is 17.9. The normalized spacial score (nSPS) is 15.6. The second-order valence-corrected chi connectivity index (χ2v) is 9.78. The molecule has 1 aliphatic heterocycles. The number of carbonyl (C=O) groups is 1. The lowest BCUT2D eigenvalue weighted by Gasteiger charge is -2.20. The van der Waals surface area contributed by atoms with E-state index in [1.807, 2.05) is 6.92 Å². The number of benzene rings is 1. The van der Waals surface area contributed by atoms with Crippen molar-refractivity contribution in [2.75, 3.05) is 29.9 Å². The van der Waals surface area contributed by atoms with Gasteiger partial charge in [0.05, 0.1) is 10.6 Å². The van der Waals surface area contributed by atoms with E-state index >= 15 is 0 Å². The number of hydrogen-bond acceptors (Lipinski definition) is 7. The number of thioether (sulfide) groups is 1. The Labute approximate surface area is 175 Å². The van der Waals surface area contributed by atoms with E-state index in [0.717, 1.165) is 31.4 Å². The van der Waals surface area contributed by atoms with Crippen LogP contribution in [0, 0.1) is 6.92 Å². The smallest absolute Gasteiger partial charge is 0.243 e. The van der Waals surface area contributed by atoms with Crippen LogP contribution in [0.4, 0.5) is 11.5 Å². The average molecular weight is 436 g/mol. The summed E-state index contributed by atoms with van der Waals surface area (Å²) >= 11 is 1.19. The van der Waals surface area contributed by atoms with E-state index in [0.29, 0.717) is 29.8 Å². The summed E-state index contributed by atoms with van der Waals surface area (Å²) in [6.45, 7) is 2.93. The summed E-state index contributed by atoms with van der Waals surface area (Å²) in [6, 6.07) is 7.94. The number of aromatic nitrogens is 2. The fraction of sp³-hybridized carbons (Fsp3) is 0.421. The molecule has 8 nitrogen and oxygen atoms in total. The van der Waals surface area contributed by atoms with Crippen molar-refractivity contribution in [3.63, 3.8) is 0 Å². The molecule has 156 valence electrons. The monoisotopic (exact) mass is 435 g/mol. The highest BCUT2D eigenvalue weighted by molar-refractivity contribution is 7.99. The van der Waals surface area contributed by atoms with Gasteiger partial charge in [-0.05, 0) is 44.0 Å². The molecule has 1 aromatic carbocycles. The Morgan fingerprint density at radius 1 is 1.14 bits per heavy atom. The van der Waals surface area contributed by atoms with Gasteiger partial charge in [-0.15, -0.1) is 0 Å². The Bertz CT molecular complexity index is 936. The molecule has 1 saturated heterocycles. The maximum Gasteiger partial charge on any atom is 0.243 e. The van der Waals surface area contributed by atoms with Crippen molar-refractivity contribution in [3.8, 4) is 0 Å². The molecule has 1 aliphatic rings. The Kier molecular flexibility index (Phi) is 7.09. The number of amides is 1. The molecule has 29 heavy (non-hydrogen) atoms. The van der Waals surface area contributed by atoms with Crippen LogP contribution in [0.15, 0.2) is 40.4 Å². The van der Waals surface area contributed by atoms with E-state index < -0.39 is 10.0 Å². The number of carbonyl (C=O) groups excluding carboxylic acids is 1. The second kappa shape index (κ2) is 9.55. The molecule has 0 spiro atoms. The molecule has 10 heteroatoms. The average Bonchev–Trinajstić information content (AvgIpc) is 2.96. The van der Waals surface area contributed by atoms with Crippen molar-refractivity contribution >= 4 is 39.2 Å². The number of anilines is 2. The van der Waals surface area contributed by atoms with E-state index in [2.05, 4.69) is 15.3 Å². The Morgan fingerprint density at radius 3 is 2.41 bits per heavy atom. The molecule has 3 N–H and O–H groups in total. The molecule has 0 radical (unpaired) electrons. The fourth-order valence-corrected chi connectivity index (χ4v) is 5.33. The van der Waals surface area contributed by atoms with Crippen LogP contribution >= 0.6 is 11.8 Å². The molecule has 0 aliphatic carbocycles. The van der Waals surface area contributed by atoms with Crippen LogP contribution in [0.5, 0.6) is 0 Å². The number of aryl methyl sites for hydroxylation is 1. The molecule has 1 aromatic heterocycles. The van der Waals surface area contributed by atoms with Crippen molar-refractivity contribution in [2.45, 2.75) is 42.7 Å². The first-order valence-electron chi connectivity index (χ1n) is 9.48. The predicted octanol–water partition coefficient (Wildman–Crippen LogP) is 2.66. The maximum atomic E-state index is 12.8. The van der Waals surface area contributed by atoms with Gasteiger partial charge in [0.25, 0.3) is 0 Å². The third-order valence-electron chi connectivity index (χ3n) is 4.53. The summed E-state index contributed by atoms with van der Waals surface area (Å²) in [7, 11) is -3.50. The lowest BCUT2D eigenvalue weighted by molar-refractivity contribution is -0.113. The van der Waals surface area contributed by atoms with Crippen molar-refractivity contribution in [2.24, 2.45) is 0 Å². The summed E-state index contributed by atoms with van der Waals surface area (Å²) < 4.78 is 27.2. The molecular formula is C19H25N5O3S2. The third kappa shape index (κ3) is 5.91. The van der Waals surface area contributed by atoms with Gasteiger partial charge in [-0.2, -0.15) is 4.31 Å². The Morgan fingerprint density at radius 2 is 1.79 bits per heavy atom. The van der Waals surface area contributed by atoms with Crippen LogP contribution in [0.2, 0.25) is 0 Å². The topological polar surface area (TPSA) is 118 Å². The van der Waals surface area contributed by atoms with Gasteiger partial charge >= 0.3 is 0 Å². The van der Waals surface area contributed by atoms with Gasteiger partial charge < -0.3 is 11.1 Å². The van der Waals surface area contributed by atoms with Crippen LogP contribution in [0.1, 0.15) is 31.4 Å². The van der Waals surface area contributed by atoms with Gasteiger partial charge in [-0.25, -0.2) is 18.4 Å². The number of hydrogen-bond donors (Lipinski definition) is 2. The molecule has 1 fully saturated rings. The highest BCUT2D eigenvalue weighted by atomic mass is 32.2. The molecule has 0 saturated carbocycles. The van der Waals surface area contributed by atoms with E-state index in [9.17, 15) is 13.2 Å². The van der Waals surface area contributed by atoms with Crippen molar-refractivity contribution in [1.82, 2.24) is 14.3 Å². The van der Waals surface area contributed by atoms with E-state index in [1.54, 1.807) is 22.5 Å². The third-order valence-corrected chi connectivity index (χ3v) is 7.29. The standard InChI is InChI=1S/C19H25N5O3S2/c1-14-12-17(20)23-19(21-14)28-13-18(25)22-15-6-8-16(9-7-15)29(26,27)24-10-4-2-3-5-11-24/h6-9,12H,2-5,10-11,13H2,1H3,(H,22,25)(H2,20,21,23). The molecule has 0 bridgehead atoms. The molecule has 3 rings (SSSR count). The molecule has 2 aromatic rings. The number of nitrogen functional groups attached to an aromatic ring is 1. The molecule has 0 atom stereocenters. The largest absolute Gasteiger partial charge is 0.384 e. The predicted molar refractivity (Wildman–Crippen MR) is 114 cm³/mol. The first-order valence-corrected chi connectivity index (χ1v) is 11.9. The van der Waals surface area contributed by atoms with Gasteiger partial charge in [0, 0.05) is 30.5 Å². The molecule has 0 unspecified atom stereocenters. The number of sulfonamides is 1. The Hall–Kier alpha value is -2.17. The van der Waals surface area contributed by atoms with E-state index in [1.165, 1.54) is 23.9 Å². The first-order chi connectivity index (χ1) is 13.8. The van der Waals surface area contributed by atoms with Gasteiger partial charge in [-0.3, -0.25) is 4.79 Å².